The van der Waals surface area contributed by atoms with Gasteiger partial charge in [0.25, 0.3) is 0 Å². The van der Waals surface area contributed by atoms with Crippen LogP contribution >= 0.6 is 0 Å². The number of carbonyl (C=O) groups excluding carboxylic acids is 1. The first-order valence-electron chi connectivity index (χ1n) is 6.30. The van der Waals surface area contributed by atoms with E-state index in [1.807, 2.05) is 30.3 Å². The summed E-state index contributed by atoms with van der Waals surface area (Å²) in [5, 5.41) is 10.1. The molecule has 1 N–H and O–H groups in total. The second kappa shape index (κ2) is 4.76. The Balaban J connectivity index is 1.81. The van der Waals surface area contributed by atoms with Crippen molar-refractivity contribution in [1.29, 1.82) is 0 Å². The summed E-state index contributed by atoms with van der Waals surface area (Å²) in [6, 6.07) is 13.2. The fourth-order valence-corrected chi connectivity index (χ4v) is 2.35. The second-order valence-electron chi connectivity index (χ2n) is 4.64. The van der Waals surface area contributed by atoms with Crippen LogP contribution in [0.4, 0.5) is 0 Å². The van der Waals surface area contributed by atoms with Gasteiger partial charge in [0.05, 0.1) is 0 Å². The molecule has 0 heterocycles. The molecule has 2 aromatic rings. The third-order valence-electron chi connectivity index (χ3n) is 3.39. The molecule has 0 bridgehead atoms. The molecule has 0 saturated heterocycles. The Kier molecular flexibility index (Phi) is 2.95. The van der Waals surface area contributed by atoms with Crippen LogP contribution in [0.15, 0.2) is 42.5 Å². The number of ether oxygens (including phenoxy) is 1. The third-order valence-corrected chi connectivity index (χ3v) is 3.39. The molecular weight excluding hydrogens is 240 g/mol. The Labute approximate surface area is 111 Å². The molecule has 96 valence electrons. The number of phenolic OH excluding ortho intramolecular Hbond substituents is 1. The summed E-state index contributed by atoms with van der Waals surface area (Å²) in [5.74, 6) is 0.650. The van der Waals surface area contributed by atoms with Gasteiger partial charge in [-0.2, -0.15) is 0 Å². The molecule has 3 rings (SSSR count). The zero-order valence-electron chi connectivity index (χ0n) is 10.4. The van der Waals surface area contributed by atoms with Crippen LogP contribution in [-0.2, 0) is 13.0 Å². The van der Waals surface area contributed by atoms with Gasteiger partial charge in [-0.15, -0.1) is 0 Å². The van der Waals surface area contributed by atoms with E-state index >= 15 is 0 Å². The predicted molar refractivity (Wildman–Crippen MR) is 71.5 cm³/mol. The van der Waals surface area contributed by atoms with Crippen LogP contribution in [0.25, 0.3) is 0 Å². The van der Waals surface area contributed by atoms with E-state index in [1.165, 1.54) is 0 Å². The molecule has 3 heteroatoms. The van der Waals surface area contributed by atoms with Crippen LogP contribution in [0.2, 0.25) is 0 Å². The van der Waals surface area contributed by atoms with E-state index in [2.05, 4.69) is 0 Å². The maximum atomic E-state index is 11.6. The van der Waals surface area contributed by atoms with Crippen LogP contribution in [0, 0.1) is 0 Å². The lowest BCUT2D eigenvalue weighted by molar-refractivity contribution is 0.0994. The fourth-order valence-electron chi connectivity index (χ4n) is 2.35. The lowest BCUT2D eigenvalue weighted by atomic mass is 10.1. The molecule has 1 aliphatic rings. The molecule has 2 aromatic carbocycles. The van der Waals surface area contributed by atoms with E-state index in [0.29, 0.717) is 30.8 Å². The number of ketones is 1. The Morgan fingerprint density at radius 2 is 1.84 bits per heavy atom. The smallest absolute Gasteiger partial charge is 0.163 e. The van der Waals surface area contributed by atoms with Gasteiger partial charge in [-0.05, 0) is 24.1 Å². The first kappa shape index (κ1) is 11.8. The molecule has 1 aliphatic carbocycles. The molecular formula is C16H14O3. The van der Waals surface area contributed by atoms with E-state index in [1.54, 1.807) is 12.1 Å². The number of fused-ring (bicyclic) bond motifs is 1. The molecule has 0 unspecified atom stereocenters. The number of benzene rings is 2. The average Bonchev–Trinajstić information content (AvgIpc) is 2.82. The first-order valence-corrected chi connectivity index (χ1v) is 6.30. The molecule has 0 spiro atoms. The number of carbonyl (C=O) groups is 1. The molecule has 0 atom stereocenters. The van der Waals surface area contributed by atoms with Crippen molar-refractivity contribution < 1.29 is 14.6 Å². The highest BCUT2D eigenvalue weighted by Gasteiger charge is 2.24. The van der Waals surface area contributed by atoms with Crippen molar-refractivity contribution in [2.75, 3.05) is 0 Å². The number of rotatable bonds is 3. The molecule has 0 saturated carbocycles. The molecule has 0 aliphatic heterocycles. The van der Waals surface area contributed by atoms with Gasteiger partial charge in [0.2, 0.25) is 0 Å². The Morgan fingerprint density at radius 1 is 1.05 bits per heavy atom. The minimum Gasteiger partial charge on any atom is -0.504 e. The zero-order valence-corrected chi connectivity index (χ0v) is 10.4. The molecule has 0 amide bonds. The lowest BCUT2D eigenvalue weighted by Gasteiger charge is -2.10. The van der Waals surface area contributed by atoms with E-state index in [0.717, 1.165) is 11.1 Å². The Hall–Kier alpha value is -2.29. The highest BCUT2D eigenvalue weighted by atomic mass is 16.5. The summed E-state index contributed by atoms with van der Waals surface area (Å²) in [5.41, 5.74) is 2.39. The van der Waals surface area contributed by atoms with Crippen molar-refractivity contribution >= 4 is 5.78 Å². The molecule has 0 fully saturated rings. The van der Waals surface area contributed by atoms with Crippen molar-refractivity contribution in [3.8, 4) is 11.5 Å². The predicted octanol–water partition coefficient (Wildman–Crippen LogP) is 3.10. The quantitative estimate of drug-likeness (QED) is 0.915. The van der Waals surface area contributed by atoms with Crippen molar-refractivity contribution in [2.45, 2.75) is 19.4 Å². The number of aromatic hydroxyl groups is 1. The monoisotopic (exact) mass is 254 g/mol. The van der Waals surface area contributed by atoms with Gasteiger partial charge in [0, 0.05) is 17.5 Å². The molecule has 19 heavy (non-hydrogen) atoms. The van der Waals surface area contributed by atoms with E-state index < -0.39 is 0 Å². The van der Waals surface area contributed by atoms with Crippen molar-refractivity contribution in [2.24, 2.45) is 0 Å². The lowest BCUT2D eigenvalue weighted by Crippen LogP contribution is -1.97. The van der Waals surface area contributed by atoms with Gasteiger partial charge in [-0.3, -0.25) is 4.79 Å². The standard InChI is InChI=1S/C16H14O3/c17-14-8-6-13-12(14)7-9-15(16(13)18)19-10-11-4-2-1-3-5-11/h1-5,7,9,18H,6,8,10H2. The number of hydrogen-bond acceptors (Lipinski definition) is 3. The summed E-state index contributed by atoms with van der Waals surface area (Å²) < 4.78 is 5.62. The van der Waals surface area contributed by atoms with Gasteiger partial charge in [-0.25, -0.2) is 0 Å². The van der Waals surface area contributed by atoms with Gasteiger partial charge in [0.15, 0.2) is 17.3 Å². The van der Waals surface area contributed by atoms with Gasteiger partial charge < -0.3 is 9.84 Å². The zero-order chi connectivity index (χ0) is 13.2. The van der Waals surface area contributed by atoms with Crippen molar-refractivity contribution in [3.05, 3.63) is 59.2 Å². The molecule has 3 nitrogen and oxygen atoms in total. The molecule has 0 radical (unpaired) electrons. The number of Topliss-reactive ketones (excluding diaryl/α,β-unsaturated/α-hetero) is 1. The van der Waals surface area contributed by atoms with Crippen LogP contribution < -0.4 is 4.74 Å². The van der Waals surface area contributed by atoms with E-state index in [4.69, 9.17) is 4.74 Å². The topological polar surface area (TPSA) is 46.5 Å². The Bertz CT molecular complexity index is 617. The van der Waals surface area contributed by atoms with Crippen molar-refractivity contribution in [1.82, 2.24) is 0 Å². The maximum absolute atomic E-state index is 11.6. The van der Waals surface area contributed by atoms with Crippen LogP contribution in [0.1, 0.15) is 27.9 Å². The summed E-state index contributed by atoms with van der Waals surface area (Å²) in [6.45, 7) is 0.404. The highest BCUT2D eigenvalue weighted by molar-refractivity contribution is 6.01. The van der Waals surface area contributed by atoms with Gasteiger partial charge in [-0.1, -0.05) is 30.3 Å². The highest BCUT2D eigenvalue weighted by Crippen LogP contribution is 2.37. The van der Waals surface area contributed by atoms with E-state index in [9.17, 15) is 9.90 Å². The summed E-state index contributed by atoms with van der Waals surface area (Å²) in [7, 11) is 0. The van der Waals surface area contributed by atoms with Crippen LogP contribution in [0.5, 0.6) is 11.5 Å². The van der Waals surface area contributed by atoms with Crippen molar-refractivity contribution in [3.63, 3.8) is 0 Å². The summed E-state index contributed by atoms with van der Waals surface area (Å²) in [4.78, 5) is 11.6. The van der Waals surface area contributed by atoms with E-state index in [-0.39, 0.29) is 11.5 Å². The SMILES string of the molecule is O=C1CCc2c1ccc(OCc1ccccc1)c2O. The molecule has 0 aromatic heterocycles. The summed E-state index contributed by atoms with van der Waals surface area (Å²) in [6.07, 6.45) is 1.08. The van der Waals surface area contributed by atoms with Gasteiger partial charge in [0.1, 0.15) is 6.61 Å². The normalized spacial score (nSPS) is 13.4. The van der Waals surface area contributed by atoms with Crippen LogP contribution in [0.3, 0.4) is 0 Å². The second-order valence-corrected chi connectivity index (χ2v) is 4.64. The summed E-state index contributed by atoms with van der Waals surface area (Å²) >= 11 is 0. The first-order chi connectivity index (χ1) is 9.25. The Morgan fingerprint density at radius 3 is 2.63 bits per heavy atom. The fraction of sp³-hybridized carbons (Fsp3) is 0.188. The number of phenols is 1. The average molecular weight is 254 g/mol. The number of hydrogen-bond donors (Lipinski definition) is 1. The third kappa shape index (κ3) is 2.19. The minimum atomic E-state index is 0.0971. The largest absolute Gasteiger partial charge is 0.504 e. The van der Waals surface area contributed by atoms with Crippen LogP contribution in [-0.4, -0.2) is 10.9 Å². The van der Waals surface area contributed by atoms with Gasteiger partial charge >= 0.3 is 0 Å². The maximum Gasteiger partial charge on any atom is 0.163 e. The minimum absolute atomic E-state index is 0.0971.